The van der Waals surface area contributed by atoms with E-state index in [1.165, 1.54) is 43.3 Å². The van der Waals surface area contributed by atoms with Crippen LogP contribution in [0.1, 0.15) is 41.3 Å². The van der Waals surface area contributed by atoms with Crippen molar-refractivity contribution in [1.82, 2.24) is 25.1 Å². The first-order valence-electron chi connectivity index (χ1n) is 10.6. The zero-order valence-corrected chi connectivity index (χ0v) is 19.0. The van der Waals surface area contributed by atoms with Crippen LogP contribution in [0.5, 0.6) is 5.75 Å². The zero-order chi connectivity index (χ0) is 25.0. The molecule has 2 unspecified atom stereocenters. The maximum absolute atomic E-state index is 13.1. The Bertz CT molecular complexity index is 1150. The standard InChI is InChI=1S/C22H26FN5O6/c1-4-34-14-9-15(28(11-14)22(33)20(31)24-2)18-26-16(17(29)21(32)27(18)3)19(30)25-10-12-5-7-13(23)8-6-12/h5-8,14-15,29H,4,9-11H2,1-3H3,(H,24,31)(H,25,30). The van der Waals surface area contributed by atoms with E-state index >= 15 is 0 Å². The largest absolute Gasteiger partial charge is 0.501 e. The van der Waals surface area contributed by atoms with Crippen LogP contribution in [0.25, 0.3) is 0 Å². The molecule has 182 valence electrons. The third kappa shape index (κ3) is 5.06. The third-order valence-electron chi connectivity index (χ3n) is 5.53. The van der Waals surface area contributed by atoms with Gasteiger partial charge in [0.2, 0.25) is 5.75 Å². The lowest BCUT2D eigenvalue weighted by Gasteiger charge is -2.25. The summed E-state index contributed by atoms with van der Waals surface area (Å²) in [5.74, 6) is -3.77. The van der Waals surface area contributed by atoms with Gasteiger partial charge in [0.05, 0.1) is 12.1 Å². The van der Waals surface area contributed by atoms with Crippen LogP contribution < -0.4 is 16.2 Å². The molecule has 1 fully saturated rings. The average Bonchev–Trinajstić information content (AvgIpc) is 3.25. The van der Waals surface area contributed by atoms with Gasteiger partial charge in [0.15, 0.2) is 5.69 Å². The van der Waals surface area contributed by atoms with Crippen molar-refractivity contribution in [2.45, 2.75) is 32.0 Å². The van der Waals surface area contributed by atoms with Gasteiger partial charge in [0, 0.05) is 40.2 Å². The summed E-state index contributed by atoms with van der Waals surface area (Å²) in [5, 5.41) is 15.1. The summed E-state index contributed by atoms with van der Waals surface area (Å²) in [4.78, 5) is 55.6. The summed E-state index contributed by atoms with van der Waals surface area (Å²) in [5.41, 5.74) is -0.812. The molecular weight excluding hydrogens is 449 g/mol. The molecule has 1 aliphatic rings. The summed E-state index contributed by atoms with van der Waals surface area (Å²) in [6.45, 7) is 2.25. The van der Waals surface area contributed by atoms with Gasteiger partial charge in [0.25, 0.3) is 11.5 Å². The molecule has 1 aliphatic heterocycles. The lowest BCUT2D eigenvalue weighted by molar-refractivity contribution is -0.146. The zero-order valence-electron chi connectivity index (χ0n) is 19.0. The monoisotopic (exact) mass is 475 g/mol. The van der Waals surface area contributed by atoms with Gasteiger partial charge in [-0.2, -0.15) is 0 Å². The van der Waals surface area contributed by atoms with Crippen molar-refractivity contribution in [2.24, 2.45) is 7.05 Å². The maximum atomic E-state index is 13.1. The maximum Gasteiger partial charge on any atom is 0.312 e. The molecular formula is C22H26FN5O6. The summed E-state index contributed by atoms with van der Waals surface area (Å²) >= 11 is 0. The number of halogens is 1. The Morgan fingerprint density at radius 1 is 1.26 bits per heavy atom. The van der Waals surface area contributed by atoms with E-state index < -0.39 is 52.7 Å². The highest BCUT2D eigenvalue weighted by molar-refractivity contribution is 6.35. The summed E-state index contributed by atoms with van der Waals surface area (Å²) in [7, 11) is 2.67. The minimum atomic E-state index is -0.885. The third-order valence-corrected chi connectivity index (χ3v) is 5.53. The van der Waals surface area contributed by atoms with Crippen molar-refractivity contribution < 1.29 is 28.6 Å². The van der Waals surface area contributed by atoms with E-state index in [0.29, 0.717) is 12.2 Å². The number of ether oxygens (including phenoxy) is 1. The van der Waals surface area contributed by atoms with Gasteiger partial charge >= 0.3 is 11.8 Å². The Balaban J connectivity index is 1.94. The predicted octanol–water partition coefficient (Wildman–Crippen LogP) is -0.0205. The van der Waals surface area contributed by atoms with E-state index in [9.17, 15) is 28.7 Å². The van der Waals surface area contributed by atoms with Crippen LogP contribution in [0, 0.1) is 5.82 Å². The fraction of sp³-hybridized carbons (Fsp3) is 0.409. The molecule has 12 heteroatoms. The van der Waals surface area contributed by atoms with Gasteiger partial charge < -0.3 is 25.4 Å². The number of carbonyl (C=O) groups excluding carboxylic acids is 3. The van der Waals surface area contributed by atoms with E-state index in [0.717, 1.165) is 4.57 Å². The Labute approximate surface area is 194 Å². The minimum absolute atomic E-state index is 0.00189. The van der Waals surface area contributed by atoms with Gasteiger partial charge in [-0.25, -0.2) is 9.37 Å². The van der Waals surface area contributed by atoms with Crippen molar-refractivity contribution >= 4 is 17.7 Å². The number of hydrogen-bond donors (Lipinski definition) is 3. The van der Waals surface area contributed by atoms with Crippen LogP contribution in [-0.4, -0.2) is 63.6 Å². The highest BCUT2D eigenvalue weighted by Gasteiger charge is 2.41. The molecule has 2 heterocycles. The number of likely N-dealkylation sites (N-methyl/N-ethyl adjacent to an activating group) is 1. The minimum Gasteiger partial charge on any atom is -0.501 e. The smallest absolute Gasteiger partial charge is 0.312 e. The normalized spacial score (nSPS) is 17.5. The molecule has 0 radical (unpaired) electrons. The predicted molar refractivity (Wildman–Crippen MR) is 117 cm³/mol. The quantitative estimate of drug-likeness (QED) is 0.498. The molecule has 0 aliphatic carbocycles. The molecule has 3 rings (SSSR count). The number of likely N-dealkylation sites (tertiary alicyclic amines) is 1. The highest BCUT2D eigenvalue weighted by Crippen LogP contribution is 2.33. The first kappa shape index (κ1) is 24.8. The van der Waals surface area contributed by atoms with Crippen molar-refractivity contribution in [1.29, 1.82) is 0 Å². The van der Waals surface area contributed by atoms with E-state index in [2.05, 4.69) is 15.6 Å². The first-order chi connectivity index (χ1) is 16.2. The average molecular weight is 475 g/mol. The van der Waals surface area contributed by atoms with Gasteiger partial charge in [0.1, 0.15) is 11.6 Å². The van der Waals surface area contributed by atoms with E-state index in [1.54, 1.807) is 6.92 Å². The molecule has 3 amide bonds. The second kappa shape index (κ2) is 10.4. The van der Waals surface area contributed by atoms with Crippen LogP contribution in [0.15, 0.2) is 29.1 Å². The number of nitrogens with one attached hydrogen (secondary N) is 2. The fourth-order valence-corrected chi connectivity index (χ4v) is 3.79. The summed E-state index contributed by atoms with van der Waals surface area (Å²) in [6, 6.07) is 4.59. The van der Waals surface area contributed by atoms with Gasteiger partial charge in [-0.1, -0.05) is 12.1 Å². The number of amides is 3. The van der Waals surface area contributed by atoms with E-state index in [-0.39, 0.29) is 25.3 Å². The van der Waals surface area contributed by atoms with Crippen molar-refractivity contribution in [3.05, 3.63) is 57.5 Å². The number of carbonyl (C=O) groups is 3. The lowest BCUT2D eigenvalue weighted by atomic mass is 10.1. The topological polar surface area (TPSA) is 143 Å². The lowest BCUT2D eigenvalue weighted by Crippen LogP contribution is -2.43. The van der Waals surface area contributed by atoms with E-state index in [4.69, 9.17) is 4.74 Å². The van der Waals surface area contributed by atoms with Gasteiger partial charge in [-0.3, -0.25) is 23.7 Å². The molecule has 0 saturated carbocycles. The molecule has 34 heavy (non-hydrogen) atoms. The number of rotatable bonds is 6. The molecule has 0 bridgehead atoms. The molecule has 2 aromatic rings. The molecule has 2 atom stereocenters. The molecule has 0 spiro atoms. The van der Waals surface area contributed by atoms with Crippen molar-refractivity contribution in [3.63, 3.8) is 0 Å². The number of benzene rings is 1. The molecule has 3 N–H and O–H groups in total. The van der Waals surface area contributed by atoms with Gasteiger partial charge in [-0.05, 0) is 24.6 Å². The fourth-order valence-electron chi connectivity index (χ4n) is 3.79. The summed E-state index contributed by atoms with van der Waals surface area (Å²) in [6.07, 6.45) is -0.178. The van der Waals surface area contributed by atoms with Crippen LogP contribution in [-0.2, 0) is 27.9 Å². The van der Waals surface area contributed by atoms with Crippen LogP contribution in [0.2, 0.25) is 0 Å². The number of aromatic hydroxyl groups is 1. The molecule has 1 aromatic heterocycles. The second-order valence-electron chi connectivity index (χ2n) is 7.71. The SMILES string of the molecule is CCOC1CC(c2nc(C(=O)NCc3ccc(F)cc3)c(O)c(=O)n2C)N(C(=O)C(=O)NC)C1. The van der Waals surface area contributed by atoms with Gasteiger partial charge in [-0.15, -0.1) is 0 Å². The Morgan fingerprint density at radius 3 is 2.56 bits per heavy atom. The van der Waals surface area contributed by atoms with Crippen molar-refractivity contribution in [3.8, 4) is 5.75 Å². The van der Waals surface area contributed by atoms with Crippen molar-refractivity contribution in [2.75, 3.05) is 20.2 Å². The highest BCUT2D eigenvalue weighted by atomic mass is 19.1. The Hall–Kier alpha value is -3.80. The van der Waals surface area contributed by atoms with Crippen LogP contribution in [0.4, 0.5) is 4.39 Å². The molecule has 1 saturated heterocycles. The van der Waals surface area contributed by atoms with E-state index in [1.807, 2.05) is 0 Å². The number of nitrogens with zero attached hydrogens (tertiary/aromatic N) is 3. The summed E-state index contributed by atoms with van der Waals surface area (Å²) < 4.78 is 19.7. The first-order valence-corrected chi connectivity index (χ1v) is 10.6. The second-order valence-corrected chi connectivity index (χ2v) is 7.71. The number of hydrogen-bond acceptors (Lipinski definition) is 7. The van der Waals surface area contributed by atoms with Crippen LogP contribution in [0.3, 0.4) is 0 Å². The number of aromatic nitrogens is 2. The van der Waals surface area contributed by atoms with Crippen LogP contribution >= 0.6 is 0 Å². The Kier molecular flexibility index (Phi) is 7.61. The Morgan fingerprint density at radius 2 is 1.94 bits per heavy atom. The molecule has 11 nitrogen and oxygen atoms in total. The molecule has 1 aromatic carbocycles.